The fourth-order valence-electron chi connectivity index (χ4n) is 5.06. The molecule has 4 rings (SSSR count). The minimum Gasteiger partial charge on any atom is -0.392 e. The Morgan fingerprint density at radius 3 is 2.81 bits per heavy atom. The number of benzene rings is 1. The molecule has 2 heterocycles. The molecule has 1 aliphatic heterocycles. The maximum atomic E-state index is 12.6. The van der Waals surface area contributed by atoms with Gasteiger partial charge >= 0.3 is 6.03 Å². The van der Waals surface area contributed by atoms with Crippen LogP contribution >= 0.6 is 0 Å². The molecule has 2 aromatic rings. The van der Waals surface area contributed by atoms with Crippen LogP contribution in [-0.2, 0) is 13.0 Å². The first-order chi connectivity index (χ1) is 13.1. The Labute approximate surface area is 160 Å². The molecule has 0 radical (unpaired) electrons. The first kappa shape index (κ1) is 18.3. The third-order valence-electron chi connectivity index (χ3n) is 6.47. The number of nitrogens with one attached hydrogen (secondary N) is 1. The second-order valence-electron chi connectivity index (χ2n) is 7.80. The topological polar surface area (TPSA) is 60.7 Å². The van der Waals surface area contributed by atoms with Gasteiger partial charge in [-0.05, 0) is 69.5 Å². The normalized spacial score (nSPS) is 21.9. The summed E-state index contributed by atoms with van der Waals surface area (Å²) in [7, 11) is 2.21. The van der Waals surface area contributed by atoms with Crippen LogP contribution in [0.25, 0.3) is 10.9 Å². The Morgan fingerprint density at radius 1 is 1.33 bits per heavy atom. The van der Waals surface area contributed by atoms with Gasteiger partial charge in [-0.2, -0.15) is 0 Å². The number of amides is 2. The molecule has 1 fully saturated rings. The molecule has 6 heteroatoms. The van der Waals surface area contributed by atoms with E-state index in [4.69, 9.17) is 0 Å². The lowest BCUT2D eigenvalue weighted by molar-refractivity contribution is 0.155. The minimum absolute atomic E-state index is 0.0641. The van der Waals surface area contributed by atoms with Crippen molar-refractivity contribution in [1.82, 2.24) is 14.5 Å². The van der Waals surface area contributed by atoms with Crippen LogP contribution in [0.4, 0.5) is 4.79 Å². The van der Waals surface area contributed by atoms with E-state index in [1.54, 1.807) is 4.90 Å². The van der Waals surface area contributed by atoms with Crippen LogP contribution in [0.1, 0.15) is 49.3 Å². The maximum Gasteiger partial charge on any atom is 0.336 e. The molecule has 2 N–H and O–H groups in total. The highest BCUT2D eigenvalue weighted by Crippen LogP contribution is 2.45. The van der Waals surface area contributed by atoms with Gasteiger partial charge in [-0.25, -0.2) is 10.2 Å². The van der Waals surface area contributed by atoms with Gasteiger partial charge in [0.2, 0.25) is 0 Å². The summed E-state index contributed by atoms with van der Waals surface area (Å²) in [6, 6.07) is 4.45. The van der Waals surface area contributed by atoms with Crippen molar-refractivity contribution >= 4 is 16.9 Å². The van der Waals surface area contributed by atoms with E-state index in [-0.39, 0.29) is 12.6 Å². The monoisotopic (exact) mass is 370 g/mol. The molecular formula is C21H30N4O2. The van der Waals surface area contributed by atoms with E-state index >= 15 is 0 Å². The van der Waals surface area contributed by atoms with E-state index < -0.39 is 0 Å². The number of likely N-dealkylation sites (tertiary alicyclic amines) is 1. The number of aliphatic hydroxyl groups excluding tert-OH is 1. The first-order valence-corrected chi connectivity index (χ1v) is 10.1. The van der Waals surface area contributed by atoms with Crippen molar-refractivity contribution in [2.75, 3.05) is 32.1 Å². The molecule has 0 unspecified atom stereocenters. The molecule has 0 saturated carbocycles. The Morgan fingerprint density at radius 2 is 2.11 bits per heavy atom. The standard InChI is InChI=1S/C21H30N4O2/c1-4-24(5-2)21(27)22-25-12-15-11-18-16(7-6-10-23(18)3)19-14(13-26)8-9-17(25)20(15)19/h8-9,12,16,18,26H,4-7,10-11,13H2,1-3H3,(H,22,27)/t16-,18+/m0/s1. The van der Waals surface area contributed by atoms with Gasteiger partial charge in [0.1, 0.15) is 0 Å². The van der Waals surface area contributed by atoms with E-state index in [0.29, 0.717) is 25.0 Å². The van der Waals surface area contributed by atoms with Crippen LogP contribution < -0.4 is 5.43 Å². The predicted octanol–water partition coefficient (Wildman–Crippen LogP) is 2.87. The largest absolute Gasteiger partial charge is 0.392 e. The summed E-state index contributed by atoms with van der Waals surface area (Å²) in [6.45, 7) is 6.53. The average molecular weight is 370 g/mol. The Hall–Kier alpha value is -2.05. The van der Waals surface area contributed by atoms with Crippen LogP contribution in [-0.4, -0.2) is 58.3 Å². The lowest BCUT2D eigenvalue weighted by Crippen LogP contribution is -2.44. The van der Waals surface area contributed by atoms with Crippen molar-refractivity contribution in [3.05, 3.63) is 35.0 Å². The second kappa shape index (κ2) is 7.17. The van der Waals surface area contributed by atoms with Crippen molar-refractivity contribution in [2.45, 2.75) is 51.7 Å². The molecule has 1 aromatic heterocycles. The van der Waals surface area contributed by atoms with E-state index in [2.05, 4.69) is 23.6 Å². The van der Waals surface area contributed by atoms with E-state index in [1.165, 1.54) is 22.9 Å². The number of rotatable bonds is 4. The SMILES string of the molecule is CCN(CC)C(=O)Nn1cc2c3c(c(CO)ccc31)[C@H]1CCCN(C)[C@@H]1C2. The van der Waals surface area contributed by atoms with Crippen molar-refractivity contribution < 1.29 is 9.90 Å². The zero-order valence-corrected chi connectivity index (χ0v) is 16.5. The quantitative estimate of drug-likeness (QED) is 0.870. The van der Waals surface area contributed by atoms with Crippen LogP contribution in [0, 0.1) is 0 Å². The molecule has 0 spiro atoms. The zero-order chi connectivity index (χ0) is 19.1. The number of piperidine rings is 1. The summed E-state index contributed by atoms with van der Waals surface area (Å²) in [5.41, 5.74) is 7.68. The van der Waals surface area contributed by atoms with Crippen LogP contribution in [0.5, 0.6) is 0 Å². The van der Waals surface area contributed by atoms with Crippen molar-refractivity contribution in [1.29, 1.82) is 0 Å². The number of hydrogen-bond donors (Lipinski definition) is 2. The number of fused-ring (bicyclic) bond motifs is 2. The lowest BCUT2D eigenvalue weighted by atomic mass is 9.73. The number of likely N-dealkylation sites (N-methyl/N-ethyl adjacent to an activating group) is 1. The van der Waals surface area contributed by atoms with E-state index in [1.807, 2.05) is 30.7 Å². The molecule has 27 heavy (non-hydrogen) atoms. The number of aromatic nitrogens is 1. The molecule has 1 aliphatic carbocycles. The third-order valence-corrected chi connectivity index (χ3v) is 6.47. The van der Waals surface area contributed by atoms with Crippen LogP contribution in [0.3, 0.4) is 0 Å². The van der Waals surface area contributed by atoms with Gasteiger partial charge in [0.05, 0.1) is 12.1 Å². The average Bonchev–Trinajstić information content (AvgIpc) is 3.02. The number of carbonyl (C=O) groups is 1. The molecule has 2 amide bonds. The Kier molecular flexibility index (Phi) is 4.86. The van der Waals surface area contributed by atoms with E-state index in [9.17, 15) is 9.90 Å². The second-order valence-corrected chi connectivity index (χ2v) is 7.80. The van der Waals surface area contributed by atoms with Crippen molar-refractivity contribution in [3.63, 3.8) is 0 Å². The fourth-order valence-corrected chi connectivity index (χ4v) is 5.06. The van der Waals surface area contributed by atoms with Crippen LogP contribution in [0.15, 0.2) is 18.3 Å². The summed E-state index contributed by atoms with van der Waals surface area (Å²) < 4.78 is 1.88. The van der Waals surface area contributed by atoms with Crippen LogP contribution in [0.2, 0.25) is 0 Å². The van der Waals surface area contributed by atoms with Gasteiger partial charge in [-0.1, -0.05) is 6.07 Å². The molecule has 2 atom stereocenters. The molecule has 2 aliphatic rings. The van der Waals surface area contributed by atoms with Gasteiger partial charge in [0, 0.05) is 36.6 Å². The summed E-state index contributed by atoms with van der Waals surface area (Å²) >= 11 is 0. The maximum absolute atomic E-state index is 12.6. The number of carbonyl (C=O) groups excluding carboxylic acids is 1. The smallest absolute Gasteiger partial charge is 0.336 e. The van der Waals surface area contributed by atoms with Gasteiger partial charge in [-0.15, -0.1) is 0 Å². The lowest BCUT2D eigenvalue weighted by Gasteiger charge is -2.43. The first-order valence-electron chi connectivity index (χ1n) is 10.1. The predicted molar refractivity (Wildman–Crippen MR) is 108 cm³/mol. The highest BCUT2D eigenvalue weighted by atomic mass is 16.3. The summed E-state index contributed by atoms with van der Waals surface area (Å²) in [4.78, 5) is 16.8. The molecule has 0 bridgehead atoms. The van der Waals surface area contributed by atoms with Gasteiger partial charge in [0.15, 0.2) is 0 Å². The summed E-state index contributed by atoms with van der Waals surface area (Å²) in [5.74, 6) is 0.455. The molecular weight excluding hydrogens is 340 g/mol. The number of urea groups is 1. The fraction of sp³-hybridized carbons (Fsp3) is 0.571. The Bertz CT molecular complexity index is 855. The van der Waals surface area contributed by atoms with Crippen molar-refractivity contribution in [3.8, 4) is 0 Å². The van der Waals surface area contributed by atoms with Gasteiger partial charge in [-0.3, -0.25) is 4.68 Å². The minimum atomic E-state index is -0.0787. The number of nitrogens with zero attached hydrogens (tertiary/aromatic N) is 3. The van der Waals surface area contributed by atoms with Gasteiger partial charge in [0.25, 0.3) is 0 Å². The van der Waals surface area contributed by atoms with E-state index in [0.717, 1.165) is 30.5 Å². The summed E-state index contributed by atoms with van der Waals surface area (Å²) in [6.07, 6.45) is 5.42. The zero-order valence-electron chi connectivity index (χ0n) is 16.5. The van der Waals surface area contributed by atoms with Gasteiger partial charge < -0.3 is 14.9 Å². The van der Waals surface area contributed by atoms with Crippen molar-refractivity contribution in [2.24, 2.45) is 0 Å². The number of aliphatic hydroxyl groups is 1. The molecule has 1 aromatic carbocycles. The number of hydrogen-bond acceptors (Lipinski definition) is 3. The Balaban J connectivity index is 1.81. The highest BCUT2D eigenvalue weighted by molar-refractivity contribution is 5.92. The highest BCUT2D eigenvalue weighted by Gasteiger charge is 2.38. The molecule has 1 saturated heterocycles. The summed E-state index contributed by atoms with van der Waals surface area (Å²) in [5, 5.41) is 11.2. The third kappa shape index (κ3) is 2.91. The molecule has 146 valence electrons. The molecule has 6 nitrogen and oxygen atoms in total.